The normalized spacial score (nSPS) is 17.0. The number of methoxy groups -OCH3 is 1. The predicted octanol–water partition coefficient (Wildman–Crippen LogP) is 5.28. The Morgan fingerprint density at radius 3 is 2.39 bits per heavy atom. The molecule has 3 heteroatoms. The molecule has 144 valence electrons. The predicted molar refractivity (Wildman–Crippen MR) is 114 cm³/mol. The smallest absolute Gasteiger partial charge is 0.185 e. The largest absolute Gasteiger partial charge is 0.497 e. The van der Waals surface area contributed by atoms with E-state index in [1.807, 2.05) is 30.3 Å². The van der Waals surface area contributed by atoms with E-state index in [0.717, 1.165) is 25.3 Å². The Balaban J connectivity index is 1.63. The molecule has 0 saturated carbocycles. The number of carbonyl (C=O) groups excluding carboxylic acids is 1. The van der Waals surface area contributed by atoms with Gasteiger partial charge in [-0.1, -0.05) is 37.1 Å². The van der Waals surface area contributed by atoms with E-state index in [-0.39, 0.29) is 5.78 Å². The van der Waals surface area contributed by atoms with Crippen molar-refractivity contribution in [2.75, 3.05) is 20.2 Å². The van der Waals surface area contributed by atoms with Gasteiger partial charge in [0.2, 0.25) is 0 Å². The lowest BCUT2D eigenvalue weighted by Crippen LogP contribution is -2.24. The monoisotopic (exact) mass is 373 g/mol. The van der Waals surface area contributed by atoms with Crippen molar-refractivity contribution in [3.8, 4) is 5.75 Å². The molecule has 0 unspecified atom stereocenters. The molecule has 0 aromatic heterocycles. The van der Waals surface area contributed by atoms with E-state index in [0.29, 0.717) is 5.56 Å². The number of rotatable bonds is 5. The van der Waals surface area contributed by atoms with Gasteiger partial charge < -0.3 is 9.64 Å². The second-order valence-electron chi connectivity index (χ2n) is 7.52. The van der Waals surface area contributed by atoms with E-state index in [4.69, 9.17) is 4.74 Å². The lowest BCUT2D eigenvalue weighted by molar-refractivity contribution is 0.104. The second kappa shape index (κ2) is 8.47. The van der Waals surface area contributed by atoms with Crippen LogP contribution in [0.2, 0.25) is 0 Å². The number of likely N-dealkylation sites (tertiary alicyclic amines) is 1. The van der Waals surface area contributed by atoms with Crippen molar-refractivity contribution >= 4 is 11.4 Å². The zero-order valence-corrected chi connectivity index (χ0v) is 16.5. The molecule has 2 aromatic rings. The van der Waals surface area contributed by atoms with Crippen molar-refractivity contribution in [1.82, 2.24) is 4.90 Å². The highest BCUT2D eigenvalue weighted by Gasteiger charge is 2.24. The first-order valence-electron chi connectivity index (χ1n) is 10.2. The molecule has 1 saturated heterocycles. The summed E-state index contributed by atoms with van der Waals surface area (Å²) in [6.07, 6.45) is 9.85. The standard InChI is InChI=1S/C25H27NO2/c1-28-21-12-10-19(11-13-21)25(27)15-14-23-22-9-5-4-8-20(22)18-24(23)26-16-6-2-3-7-17-26/h4-5,8-15H,2-3,6-7,16-18H2,1H3/b15-14+. The van der Waals surface area contributed by atoms with Gasteiger partial charge in [-0.2, -0.15) is 0 Å². The highest BCUT2D eigenvalue weighted by Crippen LogP contribution is 2.36. The summed E-state index contributed by atoms with van der Waals surface area (Å²) >= 11 is 0. The first kappa shape index (κ1) is 18.5. The quantitative estimate of drug-likeness (QED) is 0.528. The summed E-state index contributed by atoms with van der Waals surface area (Å²) in [6, 6.07) is 15.9. The van der Waals surface area contributed by atoms with Gasteiger partial charge in [-0.25, -0.2) is 0 Å². The van der Waals surface area contributed by atoms with Gasteiger partial charge in [-0.15, -0.1) is 0 Å². The second-order valence-corrected chi connectivity index (χ2v) is 7.52. The number of benzene rings is 2. The summed E-state index contributed by atoms with van der Waals surface area (Å²) in [5.41, 5.74) is 5.89. The minimum Gasteiger partial charge on any atom is -0.497 e. The number of hydrogen-bond acceptors (Lipinski definition) is 3. The van der Waals surface area contributed by atoms with E-state index in [1.54, 1.807) is 13.2 Å². The molecule has 1 aliphatic carbocycles. The number of ether oxygens (including phenoxy) is 1. The molecule has 2 aromatic carbocycles. The van der Waals surface area contributed by atoms with Crippen LogP contribution in [0, 0.1) is 0 Å². The van der Waals surface area contributed by atoms with Gasteiger partial charge in [0, 0.05) is 36.3 Å². The maximum absolute atomic E-state index is 12.7. The third kappa shape index (κ3) is 3.89. The molecule has 0 amide bonds. The third-order valence-corrected chi connectivity index (χ3v) is 5.74. The minimum atomic E-state index is 0.0229. The molecule has 0 radical (unpaired) electrons. The fraction of sp³-hybridized carbons (Fsp3) is 0.320. The number of allylic oxidation sites excluding steroid dienone is 4. The zero-order valence-electron chi connectivity index (χ0n) is 16.5. The zero-order chi connectivity index (χ0) is 19.3. The lowest BCUT2D eigenvalue weighted by Gasteiger charge is -2.25. The Morgan fingerprint density at radius 2 is 1.68 bits per heavy atom. The molecule has 1 aliphatic heterocycles. The summed E-state index contributed by atoms with van der Waals surface area (Å²) in [5, 5.41) is 0. The van der Waals surface area contributed by atoms with Crippen molar-refractivity contribution in [3.05, 3.63) is 83.1 Å². The van der Waals surface area contributed by atoms with Crippen molar-refractivity contribution in [2.24, 2.45) is 0 Å². The van der Waals surface area contributed by atoms with Crippen molar-refractivity contribution in [3.63, 3.8) is 0 Å². The molecular weight excluding hydrogens is 346 g/mol. The maximum Gasteiger partial charge on any atom is 0.185 e. The molecular formula is C25H27NO2. The molecule has 2 aliphatic rings. The SMILES string of the molecule is COc1ccc(C(=O)/C=C/C2=C(N3CCCCCC3)Cc3ccccc32)cc1. The molecule has 0 spiro atoms. The van der Waals surface area contributed by atoms with Gasteiger partial charge in [0.1, 0.15) is 5.75 Å². The van der Waals surface area contributed by atoms with Crippen LogP contribution in [0.25, 0.3) is 5.57 Å². The first-order valence-corrected chi connectivity index (χ1v) is 10.2. The highest BCUT2D eigenvalue weighted by molar-refractivity contribution is 6.06. The van der Waals surface area contributed by atoms with Crippen LogP contribution in [0.15, 0.2) is 66.4 Å². The topological polar surface area (TPSA) is 29.5 Å². The van der Waals surface area contributed by atoms with Crippen molar-refractivity contribution < 1.29 is 9.53 Å². The van der Waals surface area contributed by atoms with Crippen LogP contribution in [0.4, 0.5) is 0 Å². The van der Waals surface area contributed by atoms with E-state index < -0.39 is 0 Å². The van der Waals surface area contributed by atoms with Crippen LogP contribution < -0.4 is 4.74 Å². The summed E-state index contributed by atoms with van der Waals surface area (Å²) in [6.45, 7) is 2.24. The average molecular weight is 373 g/mol. The van der Waals surface area contributed by atoms with Gasteiger partial charge in [0.25, 0.3) is 0 Å². The Kier molecular flexibility index (Phi) is 5.61. The third-order valence-electron chi connectivity index (χ3n) is 5.74. The molecule has 0 bridgehead atoms. The fourth-order valence-corrected chi connectivity index (χ4v) is 4.19. The molecule has 1 fully saturated rings. The van der Waals surface area contributed by atoms with Crippen molar-refractivity contribution in [1.29, 1.82) is 0 Å². The Morgan fingerprint density at radius 1 is 0.964 bits per heavy atom. The molecule has 0 atom stereocenters. The summed E-state index contributed by atoms with van der Waals surface area (Å²) in [4.78, 5) is 15.2. The number of fused-ring (bicyclic) bond motifs is 1. The van der Waals surface area contributed by atoms with Crippen LogP contribution in [0.3, 0.4) is 0 Å². The summed E-state index contributed by atoms with van der Waals surface area (Å²) in [5.74, 6) is 0.783. The van der Waals surface area contributed by atoms with Gasteiger partial charge in [0.15, 0.2) is 5.78 Å². The molecule has 28 heavy (non-hydrogen) atoms. The molecule has 1 heterocycles. The number of hydrogen-bond donors (Lipinski definition) is 0. The van der Waals surface area contributed by atoms with Gasteiger partial charge in [0.05, 0.1) is 7.11 Å². The number of ketones is 1. The average Bonchev–Trinajstić information content (AvgIpc) is 2.90. The Hall–Kier alpha value is -2.81. The van der Waals surface area contributed by atoms with Crippen LogP contribution in [-0.2, 0) is 6.42 Å². The lowest BCUT2D eigenvalue weighted by atomic mass is 10.0. The van der Waals surface area contributed by atoms with Crippen LogP contribution in [0.5, 0.6) is 5.75 Å². The van der Waals surface area contributed by atoms with E-state index in [9.17, 15) is 4.79 Å². The first-order chi connectivity index (χ1) is 13.8. The van der Waals surface area contributed by atoms with Crippen LogP contribution in [-0.4, -0.2) is 30.9 Å². The number of carbonyl (C=O) groups is 1. The van der Waals surface area contributed by atoms with Gasteiger partial charge >= 0.3 is 0 Å². The summed E-state index contributed by atoms with van der Waals surface area (Å²) in [7, 11) is 1.63. The Bertz CT molecular complexity index is 900. The molecule has 3 nitrogen and oxygen atoms in total. The van der Waals surface area contributed by atoms with Crippen LogP contribution in [0.1, 0.15) is 47.2 Å². The summed E-state index contributed by atoms with van der Waals surface area (Å²) < 4.78 is 5.18. The fourth-order valence-electron chi connectivity index (χ4n) is 4.19. The Labute approximate surface area is 167 Å². The van der Waals surface area contributed by atoms with Gasteiger partial charge in [-0.3, -0.25) is 4.79 Å². The highest BCUT2D eigenvalue weighted by atomic mass is 16.5. The molecule has 0 N–H and O–H groups in total. The van der Waals surface area contributed by atoms with E-state index in [1.165, 1.54) is 48.1 Å². The maximum atomic E-state index is 12.7. The van der Waals surface area contributed by atoms with Crippen molar-refractivity contribution in [2.45, 2.75) is 32.1 Å². The van der Waals surface area contributed by atoms with Gasteiger partial charge in [-0.05, 0) is 60.4 Å². The van der Waals surface area contributed by atoms with E-state index in [2.05, 4.69) is 29.2 Å². The van der Waals surface area contributed by atoms with Crippen LogP contribution >= 0.6 is 0 Å². The molecule has 4 rings (SSSR count). The van der Waals surface area contributed by atoms with E-state index >= 15 is 0 Å². The number of nitrogens with zero attached hydrogens (tertiary/aromatic N) is 1. The minimum absolute atomic E-state index is 0.0229.